The number of nitrogens with zero attached hydrogens (tertiary/aromatic N) is 1. The molecular formula is C29H34N4O3S. The number of hydrogen-bond donors (Lipinski definition) is 3. The monoisotopic (exact) mass is 518 g/mol. The van der Waals surface area contributed by atoms with Crippen LogP contribution in [0.5, 0.6) is 0 Å². The molecule has 7 nitrogen and oxygen atoms in total. The predicted molar refractivity (Wildman–Crippen MR) is 149 cm³/mol. The molecule has 0 saturated heterocycles. The van der Waals surface area contributed by atoms with Crippen LogP contribution in [-0.4, -0.2) is 35.8 Å². The number of carbonyl (C=O) groups is 3. The minimum Gasteiger partial charge on any atom is -0.352 e. The number of nitrogens with one attached hydrogen (secondary N) is 2. The lowest BCUT2D eigenvalue weighted by molar-refractivity contribution is -0.128. The van der Waals surface area contributed by atoms with Gasteiger partial charge in [0, 0.05) is 28.9 Å². The number of anilines is 1. The standard InChI is InChI=1S/C29H34N4O3S/c1-4-31-27(35)22-8-6-5-7-21(22)20-11-9-19(10-12-20)18-33-24-15-16-37-25(24)14-13-23(28(33)36)32-26(34)17-29(2,3)30/h5-12,15-16,23H,4,13-14,17-18,30H2,1-3H3,(H,31,35)(H,32,34)/t23-/m1/s1. The van der Waals surface area contributed by atoms with Crippen LogP contribution in [0.15, 0.2) is 60.0 Å². The lowest BCUT2D eigenvalue weighted by Gasteiger charge is -2.26. The Morgan fingerprint density at radius 2 is 1.84 bits per heavy atom. The molecule has 3 aromatic rings. The molecule has 4 N–H and O–H groups in total. The van der Waals surface area contributed by atoms with E-state index in [2.05, 4.69) is 10.6 Å². The highest BCUT2D eigenvalue weighted by molar-refractivity contribution is 7.10. The fourth-order valence-corrected chi connectivity index (χ4v) is 5.48. The van der Waals surface area contributed by atoms with Crippen LogP contribution in [0.3, 0.4) is 0 Å². The van der Waals surface area contributed by atoms with Crippen molar-refractivity contribution >= 4 is 34.7 Å². The SMILES string of the molecule is CCNC(=O)c1ccccc1-c1ccc(CN2C(=O)[C@H](NC(=O)CC(C)(C)N)CCc3sccc32)cc1. The summed E-state index contributed by atoms with van der Waals surface area (Å²) < 4.78 is 0. The molecule has 1 aliphatic rings. The van der Waals surface area contributed by atoms with E-state index in [0.717, 1.165) is 33.7 Å². The first-order valence-electron chi connectivity index (χ1n) is 12.6. The van der Waals surface area contributed by atoms with Gasteiger partial charge in [-0.2, -0.15) is 0 Å². The topological polar surface area (TPSA) is 105 Å². The molecule has 3 amide bonds. The Kier molecular flexibility index (Phi) is 8.10. The number of hydrogen-bond acceptors (Lipinski definition) is 5. The lowest BCUT2D eigenvalue weighted by Crippen LogP contribution is -2.49. The molecule has 2 heterocycles. The van der Waals surface area contributed by atoms with Gasteiger partial charge < -0.3 is 21.3 Å². The van der Waals surface area contributed by atoms with Crippen LogP contribution in [0.4, 0.5) is 5.69 Å². The minimum absolute atomic E-state index is 0.103. The molecule has 0 fully saturated rings. The first-order valence-corrected chi connectivity index (χ1v) is 13.5. The van der Waals surface area contributed by atoms with Gasteiger partial charge in [0.2, 0.25) is 11.8 Å². The molecule has 0 aliphatic carbocycles. The van der Waals surface area contributed by atoms with Crippen molar-refractivity contribution in [1.29, 1.82) is 0 Å². The van der Waals surface area contributed by atoms with Gasteiger partial charge in [-0.25, -0.2) is 0 Å². The Balaban J connectivity index is 1.56. The molecule has 0 unspecified atom stereocenters. The van der Waals surface area contributed by atoms with E-state index in [0.29, 0.717) is 25.1 Å². The summed E-state index contributed by atoms with van der Waals surface area (Å²) in [5, 5.41) is 7.79. The number of fused-ring (bicyclic) bond motifs is 1. The summed E-state index contributed by atoms with van der Waals surface area (Å²) in [6.45, 7) is 6.43. The Bertz CT molecular complexity index is 1280. The van der Waals surface area contributed by atoms with E-state index in [1.54, 1.807) is 30.1 Å². The van der Waals surface area contributed by atoms with Crippen molar-refractivity contribution < 1.29 is 14.4 Å². The predicted octanol–water partition coefficient (Wildman–Crippen LogP) is 4.26. The highest BCUT2D eigenvalue weighted by atomic mass is 32.1. The van der Waals surface area contributed by atoms with E-state index in [1.807, 2.05) is 66.9 Å². The second kappa shape index (κ2) is 11.3. The molecule has 37 heavy (non-hydrogen) atoms. The molecule has 0 bridgehead atoms. The number of benzene rings is 2. The summed E-state index contributed by atoms with van der Waals surface area (Å²) in [4.78, 5) is 41.6. The van der Waals surface area contributed by atoms with Gasteiger partial charge in [0.05, 0.1) is 12.2 Å². The van der Waals surface area contributed by atoms with Crippen molar-refractivity contribution in [3.8, 4) is 11.1 Å². The van der Waals surface area contributed by atoms with Crippen LogP contribution in [0.25, 0.3) is 11.1 Å². The van der Waals surface area contributed by atoms with Crippen molar-refractivity contribution in [2.45, 2.75) is 58.2 Å². The first-order chi connectivity index (χ1) is 17.7. The van der Waals surface area contributed by atoms with Gasteiger partial charge >= 0.3 is 0 Å². The molecular weight excluding hydrogens is 484 g/mol. The average molecular weight is 519 g/mol. The zero-order valence-electron chi connectivity index (χ0n) is 21.5. The lowest BCUT2D eigenvalue weighted by atomic mass is 9.98. The van der Waals surface area contributed by atoms with Gasteiger partial charge in [-0.3, -0.25) is 14.4 Å². The largest absolute Gasteiger partial charge is 0.352 e. The molecule has 1 aromatic heterocycles. The maximum absolute atomic E-state index is 13.6. The van der Waals surface area contributed by atoms with Crippen LogP contribution in [0, 0.1) is 0 Å². The number of nitrogens with two attached hydrogens (primary N) is 1. The van der Waals surface area contributed by atoms with Crippen molar-refractivity contribution in [2.75, 3.05) is 11.4 Å². The number of aryl methyl sites for hydroxylation is 1. The number of amides is 3. The summed E-state index contributed by atoms with van der Waals surface area (Å²) in [5.41, 5.74) is 9.63. The maximum atomic E-state index is 13.6. The van der Waals surface area contributed by atoms with E-state index in [4.69, 9.17) is 5.73 Å². The third-order valence-electron chi connectivity index (χ3n) is 6.30. The van der Waals surface area contributed by atoms with E-state index < -0.39 is 11.6 Å². The molecule has 4 rings (SSSR count). The summed E-state index contributed by atoms with van der Waals surface area (Å²) in [7, 11) is 0. The summed E-state index contributed by atoms with van der Waals surface area (Å²) in [6, 6.07) is 16.8. The van der Waals surface area contributed by atoms with Crippen LogP contribution < -0.4 is 21.3 Å². The number of carbonyl (C=O) groups excluding carboxylic acids is 3. The summed E-state index contributed by atoms with van der Waals surface area (Å²) >= 11 is 1.63. The first kappa shape index (κ1) is 26.6. The van der Waals surface area contributed by atoms with E-state index in [9.17, 15) is 14.4 Å². The van der Waals surface area contributed by atoms with Crippen molar-refractivity contribution in [2.24, 2.45) is 5.73 Å². The number of rotatable bonds is 8. The van der Waals surface area contributed by atoms with Gasteiger partial charge in [-0.1, -0.05) is 42.5 Å². The Morgan fingerprint density at radius 3 is 2.54 bits per heavy atom. The van der Waals surface area contributed by atoms with Gasteiger partial charge in [-0.15, -0.1) is 11.3 Å². The fourth-order valence-electron chi connectivity index (χ4n) is 4.58. The van der Waals surface area contributed by atoms with Crippen molar-refractivity contribution in [3.63, 3.8) is 0 Å². The highest BCUT2D eigenvalue weighted by Gasteiger charge is 2.32. The van der Waals surface area contributed by atoms with Crippen LogP contribution in [0.2, 0.25) is 0 Å². The van der Waals surface area contributed by atoms with E-state index in [1.165, 1.54) is 0 Å². The minimum atomic E-state index is -0.645. The Morgan fingerprint density at radius 1 is 1.11 bits per heavy atom. The van der Waals surface area contributed by atoms with Gasteiger partial charge in [0.25, 0.3) is 5.91 Å². The molecule has 2 aromatic carbocycles. The van der Waals surface area contributed by atoms with Crippen molar-refractivity contribution in [3.05, 3.63) is 76.0 Å². The number of thiophene rings is 1. The second-order valence-electron chi connectivity index (χ2n) is 10.1. The van der Waals surface area contributed by atoms with Gasteiger partial charge in [0.15, 0.2) is 0 Å². The second-order valence-corrected chi connectivity index (χ2v) is 11.1. The molecule has 0 spiro atoms. The third-order valence-corrected chi connectivity index (χ3v) is 7.27. The molecule has 1 aliphatic heterocycles. The molecule has 8 heteroatoms. The summed E-state index contributed by atoms with van der Waals surface area (Å²) in [6.07, 6.45) is 1.43. The normalized spacial score (nSPS) is 15.6. The molecule has 0 saturated carbocycles. The molecule has 194 valence electrons. The Labute approximate surface area is 222 Å². The van der Waals surface area contributed by atoms with Crippen LogP contribution in [-0.2, 0) is 22.6 Å². The fraction of sp³-hybridized carbons (Fsp3) is 0.345. The van der Waals surface area contributed by atoms with Crippen LogP contribution >= 0.6 is 11.3 Å². The highest BCUT2D eigenvalue weighted by Crippen LogP contribution is 2.33. The zero-order chi connectivity index (χ0) is 26.6. The summed E-state index contributed by atoms with van der Waals surface area (Å²) in [5.74, 6) is -0.439. The quantitative estimate of drug-likeness (QED) is 0.415. The maximum Gasteiger partial charge on any atom is 0.251 e. The molecule has 1 atom stereocenters. The zero-order valence-corrected chi connectivity index (χ0v) is 22.4. The third kappa shape index (κ3) is 6.45. The average Bonchev–Trinajstić information content (AvgIpc) is 3.28. The van der Waals surface area contributed by atoms with E-state index >= 15 is 0 Å². The van der Waals surface area contributed by atoms with E-state index in [-0.39, 0.29) is 24.1 Å². The van der Waals surface area contributed by atoms with Gasteiger partial charge in [-0.05, 0) is 67.8 Å². The van der Waals surface area contributed by atoms with Crippen molar-refractivity contribution in [1.82, 2.24) is 10.6 Å². The molecule has 0 radical (unpaired) electrons. The smallest absolute Gasteiger partial charge is 0.251 e. The Hall–Kier alpha value is -3.49. The van der Waals surface area contributed by atoms with Crippen LogP contribution in [0.1, 0.15) is 54.4 Å². The van der Waals surface area contributed by atoms with Gasteiger partial charge in [0.1, 0.15) is 6.04 Å².